The summed E-state index contributed by atoms with van der Waals surface area (Å²) in [6, 6.07) is 8.31. The van der Waals surface area contributed by atoms with Crippen molar-refractivity contribution in [3.05, 3.63) is 57.0 Å². The topological polar surface area (TPSA) is 49.4 Å². The highest BCUT2D eigenvalue weighted by Crippen LogP contribution is 2.38. The number of hydrogen-bond donors (Lipinski definition) is 1. The first kappa shape index (κ1) is 17.5. The third-order valence-electron chi connectivity index (χ3n) is 5.31. The third kappa shape index (κ3) is 3.23. The van der Waals surface area contributed by atoms with Gasteiger partial charge >= 0.3 is 0 Å². The van der Waals surface area contributed by atoms with Crippen LogP contribution in [0.15, 0.2) is 35.7 Å². The van der Waals surface area contributed by atoms with E-state index >= 15 is 0 Å². The average Bonchev–Trinajstić information content (AvgIpc) is 3.34. The number of carbonyl (C=O) groups is 2. The Morgan fingerprint density at radius 1 is 1.27 bits per heavy atom. The predicted octanol–water partition coefficient (Wildman–Crippen LogP) is 3.50. The van der Waals surface area contributed by atoms with E-state index in [0.717, 1.165) is 12.8 Å². The molecule has 2 bridgehead atoms. The smallest absolute Gasteiger partial charge is 0.261 e. The molecule has 4 nitrogen and oxygen atoms in total. The van der Waals surface area contributed by atoms with Crippen molar-refractivity contribution in [3.8, 4) is 0 Å². The van der Waals surface area contributed by atoms with E-state index in [-0.39, 0.29) is 46.8 Å². The van der Waals surface area contributed by atoms with Gasteiger partial charge in [0.25, 0.3) is 5.91 Å². The lowest BCUT2D eigenvalue weighted by Crippen LogP contribution is -2.48. The van der Waals surface area contributed by atoms with Crippen molar-refractivity contribution in [2.24, 2.45) is 5.92 Å². The maximum Gasteiger partial charge on any atom is 0.261 e. The van der Waals surface area contributed by atoms with Gasteiger partial charge in [-0.25, -0.2) is 4.39 Å². The van der Waals surface area contributed by atoms with Gasteiger partial charge in [0.05, 0.1) is 11.3 Å². The summed E-state index contributed by atoms with van der Waals surface area (Å²) in [7, 11) is 0. The van der Waals surface area contributed by atoms with Gasteiger partial charge < -0.3 is 10.2 Å². The molecule has 0 spiro atoms. The fraction of sp³-hybridized carbons (Fsp3) is 0.368. The van der Waals surface area contributed by atoms with E-state index in [0.29, 0.717) is 11.4 Å². The first-order valence-electron chi connectivity index (χ1n) is 8.59. The van der Waals surface area contributed by atoms with Crippen molar-refractivity contribution in [2.75, 3.05) is 6.54 Å². The number of fused-ring (bicyclic) bond motifs is 2. The molecule has 0 radical (unpaired) electrons. The molecule has 1 aliphatic heterocycles. The monoisotopic (exact) mass is 392 g/mol. The van der Waals surface area contributed by atoms with Gasteiger partial charge in [0, 0.05) is 29.2 Å². The van der Waals surface area contributed by atoms with E-state index in [1.165, 1.54) is 23.5 Å². The Hall–Kier alpha value is -1.92. The molecule has 3 atom stereocenters. The lowest BCUT2D eigenvalue weighted by atomic mass is 10.0. The molecule has 2 fully saturated rings. The number of amides is 2. The van der Waals surface area contributed by atoms with Gasteiger partial charge in [-0.2, -0.15) is 0 Å². The first-order valence-corrected chi connectivity index (χ1v) is 9.85. The number of rotatable bonds is 4. The number of carbonyl (C=O) groups excluding carboxylic acids is 2. The van der Waals surface area contributed by atoms with Gasteiger partial charge in [0.15, 0.2) is 0 Å². The molecule has 1 saturated carbocycles. The summed E-state index contributed by atoms with van der Waals surface area (Å²) in [5, 5.41) is 5.25. The van der Waals surface area contributed by atoms with Crippen molar-refractivity contribution in [2.45, 2.75) is 31.3 Å². The molecule has 1 aromatic carbocycles. The second kappa shape index (κ2) is 7.00. The quantitative estimate of drug-likeness (QED) is 0.865. The van der Waals surface area contributed by atoms with E-state index in [9.17, 15) is 14.0 Å². The number of likely N-dealkylation sites (tertiary alicyclic amines) is 1. The van der Waals surface area contributed by atoms with Crippen LogP contribution in [0, 0.1) is 11.7 Å². The molecular weight excluding hydrogens is 375 g/mol. The SMILES string of the molecule is O=C(N[C@H]1C[C@@H]2C[C@H]1CN2C(=O)Cc1c(F)cccc1Cl)c1cccs1. The van der Waals surface area contributed by atoms with Crippen molar-refractivity contribution >= 4 is 34.8 Å². The Bertz CT molecular complexity index is 822. The fourth-order valence-corrected chi connectivity index (χ4v) is 4.89. The lowest BCUT2D eigenvalue weighted by molar-refractivity contribution is -0.132. The van der Waals surface area contributed by atoms with E-state index < -0.39 is 5.82 Å². The lowest BCUT2D eigenvalue weighted by Gasteiger charge is -2.32. The van der Waals surface area contributed by atoms with Crippen LogP contribution in [0.25, 0.3) is 0 Å². The zero-order valence-corrected chi connectivity index (χ0v) is 15.5. The molecule has 0 unspecified atom stereocenters. The van der Waals surface area contributed by atoms with Crippen LogP contribution in [0.1, 0.15) is 28.1 Å². The number of nitrogens with zero attached hydrogens (tertiary/aromatic N) is 1. The molecule has 4 rings (SSSR count). The number of hydrogen-bond acceptors (Lipinski definition) is 3. The van der Waals surface area contributed by atoms with Gasteiger partial charge in [-0.05, 0) is 42.3 Å². The second-order valence-corrected chi connectivity index (χ2v) is 8.22. The second-order valence-electron chi connectivity index (χ2n) is 6.87. The largest absolute Gasteiger partial charge is 0.348 e. The Labute approximate surface area is 160 Å². The van der Waals surface area contributed by atoms with Gasteiger partial charge in [0.1, 0.15) is 5.82 Å². The van der Waals surface area contributed by atoms with Crippen molar-refractivity contribution in [3.63, 3.8) is 0 Å². The van der Waals surface area contributed by atoms with Gasteiger partial charge in [0.2, 0.25) is 5.91 Å². The molecule has 2 amide bonds. The molecule has 2 aromatic rings. The predicted molar refractivity (Wildman–Crippen MR) is 98.9 cm³/mol. The van der Waals surface area contributed by atoms with Crippen LogP contribution in [0.2, 0.25) is 5.02 Å². The molecule has 7 heteroatoms. The van der Waals surface area contributed by atoms with Gasteiger partial charge in [-0.15, -0.1) is 11.3 Å². The molecule has 1 aromatic heterocycles. The zero-order valence-electron chi connectivity index (χ0n) is 14.0. The van der Waals surface area contributed by atoms with Crippen LogP contribution in [-0.2, 0) is 11.2 Å². The molecular formula is C19H18ClFN2O2S. The maximum atomic E-state index is 13.9. The van der Waals surface area contributed by atoms with Gasteiger partial charge in [-0.3, -0.25) is 9.59 Å². The van der Waals surface area contributed by atoms with E-state index in [2.05, 4.69) is 5.32 Å². The summed E-state index contributed by atoms with van der Waals surface area (Å²) in [6.07, 6.45) is 1.60. The highest BCUT2D eigenvalue weighted by Gasteiger charge is 2.46. The fourth-order valence-electron chi connectivity index (χ4n) is 4.04. The summed E-state index contributed by atoms with van der Waals surface area (Å²) >= 11 is 7.45. The average molecular weight is 393 g/mol. The summed E-state index contributed by atoms with van der Waals surface area (Å²) < 4.78 is 13.9. The number of thiophene rings is 1. The number of benzene rings is 1. The van der Waals surface area contributed by atoms with E-state index in [4.69, 9.17) is 11.6 Å². The van der Waals surface area contributed by atoms with Crippen LogP contribution in [-0.4, -0.2) is 35.3 Å². The van der Waals surface area contributed by atoms with Crippen LogP contribution in [0.4, 0.5) is 4.39 Å². The minimum atomic E-state index is -0.448. The highest BCUT2D eigenvalue weighted by atomic mass is 35.5. The van der Waals surface area contributed by atoms with Gasteiger partial charge in [-0.1, -0.05) is 23.7 Å². The Kier molecular flexibility index (Phi) is 4.71. The first-order chi connectivity index (χ1) is 12.5. The molecule has 1 saturated heterocycles. The molecule has 26 heavy (non-hydrogen) atoms. The normalized spacial score (nSPS) is 24.1. The summed E-state index contributed by atoms with van der Waals surface area (Å²) in [5.74, 6) is -0.346. The molecule has 1 N–H and O–H groups in total. The van der Waals surface area contributed by atoms with Crippen molar-refractivity contribution in [1.82, 2.24) is 10.2 Å². The number of piperidine rings is 1. The third-order valence-corrected chi connectivity index (χ3v) is 6.54. The summed E-state index contributed by atoms with van der Waals surface area (Å²) in [4.78, 5) is 27.4. The van der Waals surface area contributed by atoms with E-state index in [1.807, 2.05) is 16.3 Å². The standard InChI is InChI=1S/C19H18ClFN2O2S/c20-14-3-1-4-15(21)13(14)9-18(24)23-10-11-7-12(23)8-16(11)22-19(25)17-5-2-6-26-17/h1-6,11-12,16H,7-10H2,(H,22,25)/t11-,12-,16-/m0/s1. The van der Waals surface area contributed by atoms with E-state index in [1.54, 1.807) is 12.1 Å². The molecule has 2 heterocycles. The number of nitrogens with one attached hydrogen (secondary N) is 1. The Balaban J connectivity index is 1.37. The Morgan fingerprint density at radius 3 is 2.77 bits per heavy atom. The maximum absolute atomic E-state index is 13.9. The Morgan fingerprint density at radius 2 is 2.12 bits per heavy atom. The molecule has 2 aliphatic rings. The highest BCUT2D eigenvalue weighted by molar-refractivity contribution is 7.12. The zero-order chi connectivity index (χ0) is 18.3. The summed E-state index contributed by atoms with van der Waals surface area (Å²) in [6.45, 7) is 0.602. The summed E-state index contributed by atoms with van der Waals surface area (Å²) in [5.41, 5.74) is 0.254. The van der Waals surface area contributed by atoms with Crippen LogP contribution in [0.5, 0.6) is 0 Å². The number of halogens is 2. The molecule has 136 valence electrons. The van der Waals surface area contributed by atoms with Crippen LogP contribution < -0.4 is 5.32 Å². The van der Waals surface area contributed by atoms with Crippen LogP contribution in [0.3, 0.4) is 0 Å². The van der Waals surface area contributed by atoms with Crippen molar-refractivity contribution < 1.29 is 14.0 Å². The minimum Gasteiger partial charge on any atom is -0.348 e. The van der Waals surface area contributed by atoms with Crippen molar-refractivity contribution in [1.29, 1.82) is 0 Å². The molecule has 1 aliphatic carbocycles. The van der Waals surface area contributed by atoms with Crippen LogP contribution >= 0.6 is 22.9 Å². The minimum absolute atomic E-state index is 0.0268.